The summed E-state index contributed by atoms with van der Waals surface area (Å²) in [6, 6.07) is 11.4. The maximum Gasteiger partial charge on any atom is 0.261 e. The van der Waals surface area contributed by atoms with Crippen LogP contribution in [0.1, 0.15) is 30.9 Å². The van der Waals surface area contributed by atoms with E-state index in [2.05, 4.69) is 19.1 Å². The lowest BCUT2D eigenvalue weighted by Crippen LogP contribution is -1.90. The Morgan fingerprint density at radius 3 is 2.17 bits per heavy atom. The van der Waals surface area contributed by atoms with E-state index < -0.39 is 0 Å². The Labute approximate surface area is 143 Å². The Balaban J connectivity index is 2.03. The topological polar surface area (TPSA) is 47.6 Å². The number of benzene rings is 2. The highest BCUT2D eigenvalue weighted by Gasteiger charge is 2.12. The van der Waals surface area contributed by atoms with Crippen molar-refractivity contribution in [3.63, 3.8) is 0 Å². The minimum absolute atomic E-state index is 0.245. The molecule has 0 saturated carbocycles. The Hall–Kier alpha value is -2.62. The quantitative estimate of drug-likeness (QED) is 0.623. The summed E-state index contributed by atoms with van der Waals surface area (Å²) in [5, 5.41) is 11.9. The highest BCUT2D eigenvalue weighted by Crippen LogP contribution is 2.38. The zero-order valence-corrected chi connectivity index (χ0v) is 14.4. The molecule has 0 aromatic heterocycles. The van der Waals surface area contributed by atoms with Crippen molar-refractivity contribution in [2.24, 2.45) is 0 Å². The van der Waals surface area contributed by atoms with Crippen LogP contribution in [0.4, 0.5) is 0 Å². The molecule has 0 aliphatic rings. The number of rotatable bonds is 8. The number of hydrogen-bond donors (Lipinski definition) is 0. The van der Waals surface area contributed by atoms with Crippen LogP contribution in [0.25, 0.3) is 6.08 Å². The summed E-state index contributed by atoms with van der Waals surface area (Å²) >= 11 is 0. The minimum Gasteiger partial charge on any atom is -0.492 e. The van der Waals surface area contributed by atoms with Crippen molar-refractivity contribution >= 4 is 6.08 Å². The molecule has 0 fully saturated rings. The molecule has 24 heavy (non-hydrogen) atoms. The van der Waals surface area contributed by atoms with Gasteiger partial charge in [0, 0.05) is 0 Å². The van der Waals surface area contributed by atoms with E-state index in [1.54, 1.807) is 24.5 Å². The highest BCUT2D eigenvalue weighted by molar-refractivity contribution is 5.61. The Morgan fingerprint density at radius 1 is 1.00 bits per heavy atom. The van der Waals surface area contributed by atoms with Crippen LogP contribution >= 0.6 is 0 Å². The molecule has 0 spiro atoms. The maximum atomic E-state index is 11.9. The molecule has 127 valence electrons. The summed E-state index contributed by atoms with van der Waals surface area (Å²) in [4.78, 5) is 0. The fourth-order valence-corrected chi connectivity index (χ4v) is 2.30. The van der Waals surface area contributed by atoms with Gasteiger partial charge in [-0.05, 0) is 54.3 Å². The van der Waals surface area contributed by atoms with E-state index in [0.717, 1.165) is 17.7 Å². The van der Waals surface area contributed by atoms with Gasteiger partial charge >= 0.3 is 0 Å². The zero-order valence-electron chi connectivity index (χ0n) is 14.4. The lowest BCUT2D eigenvalue weighted by molar-refractivity contribution is 0.288. The second-order valence-electron chi connectivity index (χ2n) is 5.42. The molecule has 2 aromatic rings. The predicted molar refractivity (Wildman–Crippen MR) is 94.4 cm³/mol. The first kappa shape index (κ1) is 17.7. The average molecular weight is 327 g/mol. The second kappa shape index (κ2) is 8.87. The van der Waals surface area contributed by atoms with Crippen molar-refractivity contribution in [3.05, 3.63) is 53.8 Å². The van der Waals surface area contributed by atoms with E-state index in [1.807, 2.05) is 12.1 Å². The van der Waals surface area contributed by atoms with Crippen LogP contribution in [0.15, 0.2) is 42.7 Å². The van der Waals surface area contributed by atoms with Gasteiger partial charge in [-0.15, -0.1) is 0 Å². The lowest BCUT2D eigenvalue weighted by atomic mass is 10.1. The summed E-state index contributed by atoms with van der Waals surface area (Å²) in [5.41, 5.74) is 2.08. The molecule has 0 atom stereocenters. The molecule has 0 bridgehead atoms. The van der Waals surface area contributed by atoms with Gasteiger partial charge < -0.3 is 14.2 Å². The summed E-state index contributed by atoms with van der Waals surface area (Å²) in [7, 11) is 2.92. The third-order valence-corrected chi connectivity index (χ3v) is 3.69. The van der Waals surface area contributed by atoms with Crippen LogP contribution in [0, 0.1) is 0 Å². The van der Waals surface area contributed by atoms with E-state index in [0.29, 0.717) is 0 Å². The van der Waals surface area contributed by atoms with Gasteiger partial charge in [0.2, 0.25) is 0 Å². The maximum absolute atomic E-state index is 11.9. The van der Waals surface area contributed by atoms with Crippen molar-refractivity contribution in [2.45, 2.75) is 26.2 Å². The molecule has 0 N–H and O–H groups in total. The third kappa shape index (κ3) is 4.69. The number of ether oxygens (including phenoxy) is 3. The zero-order chi connectivity index (χ0) is 17.4. The van der Waals surface area contributed by atoms with Gasteiger partial charge in [-0.2, -0.15) is 0 Å². The summed E-state index contributed by atoms with van der Waals surface area (Å²) in [5.74, 6) is 0.996. The molecule has 0 amide bonds. The van der Waals surface area contributed by atoms with Crippen LogP contribution in [-0.4, -0.2) is 14.2 Å². The normalized spacial score (nSPS) is 10.8. The first-order chi connectivity index (χ1) is 11.7. The van der Waals surface area contributed by atoms with Crippen molar-refractivity contribution in [3.8, 4) is 23.0 Å². The van der Waals surface area contributed by atoms with Gasteiger partial charge in [-0.25, -0.2) is 0 Å². The molecule has 2 aromatic carbocycles. The number of aryl methyl sites for hydroxylation is 1. The van der Waals surface area contributed by atoms with E-state index in [4.69, 9.17) is 14.2 Å². The van der Waals surface area contributed by atoms with Crippen LogP contribution in [0.3, 0.4) is 0 Å². The number of methoxy groups -OCH3 is 2. The number of unbranched alkanes of at least 4 members (excludes halogenated alkanes) is 1. The Morgan fingerprint density at radius 2 is 1.62 bits per heavy atom. The van der Waals surface area contributed by atoms with E-state index in [-0.39, 0.29) is 17.2 Å². The van der Waals surface area contributed by atoms with E-state index in [1.165, 1.54) is 32.6 Å². The van der Waals surface area contributed by atoms with Crippen LogP contribution in [-0.2, 0) is 11.5 Å². The fraction of sp³-hybridized carbons (Fsp3) is 0.300. The van der Waals surface area contributed by atoms with Crippen LogP contribution in [0.2, 0.25) is 0 Å². The lowest BCUT2D eigenvalue weighted by Gasteiger charge is -2.07. The Bertz CT molecular complexity index is 650. The van der Waals surface area contributed by atoms with Crippen LogP contribution in [0.5, 0.6) is 23.0 Å². The van der Waals surface area contributed by atoms with Gasteiger partial charge in [0.25, 0.3) is 5.75 Å². The van der Waals surface area contributed by atoms with E-state index in [9.17, 15) is 5.11 Å². The second-order valence-corrected chi connectivity index (χ2v) is 5.42. The molecule has 4 heteroatoms. The molecule has 0 aliphatic heterocycles. The van der Waals surface area contributed by atoms with Crippen molar-refractivity contribution in [1.29, 1.82) is 0 Å². The largest absolute Gasteiger partial charge is 0.492 e. The Kier molecular flexibility index (Phi) is 6.55. The summed E-state index contributed by atoms with van der Waals surface area (Å²) in [6.45, 7) is 2.19. The fourth-order valence-electron chi connectivity index (χ4n) is 2.30. The standard InChI is InChI=1S/C20H23O4/c1-4-5-6-15-7-9-17(10-8-15)24-12-11-16-13-18(22-2)20(21)19(14-16)23-3/h7-14H,4-6H2,1-3H3/b12-11+. The number of hydrogen-bond acceptors (Lipinski definition) is 3. The highest BCUT2D eigenvalue weighted by atomic mass is 16.5. The predicted octanol–water partition coefficient (Wildman–Crippen LogP) is 5.24. The molecule has 2 rings (SSSR count). The molecule has 4 nitrogen and oxygen atoms in total. The summed E-state index contributed by atoms with van der Waals surface area (Å²) in [6.07, 6.45) is 6.82. The minimum atomic E-state index is -0.263. The molecule has 0 aliphatic carbocycles. The molecular weight excluding hydrogens is 304 g/mol. The van der Waals surface area contributed by atoms with Crippen LogP contribution < -0.4 is 14.2 Å². The van der Waals surface area contributed by atoms with Gasteiger partial charge in [-0.1, -0.05) is 25.5 Å². The smallest absolute Gasteiger partial charge is 0.261 e. The molecule has 1 radical (unpaired) electrons. The van der Waals surface area contributed by atoms with Gasteiger partial charge in [0.1, 0.15) is 5.75 Å². The first-order valence-corrected chi connectivity index (χ1v) is 8.03. The summed E-state index contributed by atoms with van der Waals surface area (Å²) < 4.78 is 15.7. The van der Waals surface area contributed by atoms with Crippen molar-refractivity contribution in [2.75, 3.05) is 14.2 Å². The van der Waals surface area contributed by atoms with Gasteiger partial charge in [0.15, 0.2) is 11.5 Å². The van der Waals surface area contributed by atoms with Gasteiger partial charge in [-0.3, -0.25) is 5.11 Å². The molecule has 0 unspecified atom stereocenters. The molecule has 0 saturated heterocycles. The van der Waals surface area contributed by atoms with Gasteiger partial charge in [0.05, 0.1) is 20.5 Å². The monoisotopic (exact) mass is 327 g/mol. The average Bonchev–Trinajstić information content (AvgIpc) is 2.62. The molecule has 0 heterocycles. The molecular formula is C20H23O4. The van der Waals surface area contributed by atoms with Crippen molar-refractivity contribution in [1.82, 2.24) is 0 Å². The third-order valence-electron chi connectivity index (χ3n) is 3.69. The first-order valence-electron chi connectivity index (χ1n) is 8.03. The SMILES string of the molecule is CCCCc1ccc(O/C=C/c2cc(OC)c([O])c(OC)c2)cc1. The van der Waals surface area contributed by atoms with E-state index >= 15 is 0 Å². The van der Waals surface area contributed by atoms with Crippen molar-refractivity contribution < 1.29 is 19.3 Å².